The van der Waals surface area contributed by atoms with Gasteiger partial charge in [0.25, 0.3) is 0 Å². The zero-order chi connectivity index (χ0) is 17.5. The van der Waals surface area contributed by atoms with Gasteiger partial charge in [-0.2, -0.15) is 0 Å². The number of carbonyl (C=O) groups excluding carboxylic acids is 2. The molecule has 2 atom stereocenters. The molecule has 1 aliphatic rings. The topological polar surface area (TPSA) is 88.7 Å². The van der Waals surface area contributed by atoms with Crippen molar-refractivity contribution in [1.82, 2.24) is 10.6 Å². The predicted octanol–water partition coefficient (Wildman–Crippen LogP) is 2.15. The number of hydrogen-bond acceptors (Lipinski definition) is 5. The maximum absolute atomic E-state index is 12.0. The predicted molar refractivity (Wildman–Crippen MR) is 91.6 cm³/mol. The molecule has 3 amide bonds. The minimum Gasteiger partial charge on any atom is -0.489 e. The second kappa shape index (κ2) is 8.75. The van der Waals surface area contributed by atoms with Crippen LogP contribution in [-0.2, 0) is 9.53 Å². The summed E-state index contributed by atoms with van der Waals surface area (Å²) in [6.45, 7) is 2.84. The van der Waals surface area contributed by atoms with E-state index in [4.69, 9.17) is 21.1 Å². The van der Waals surface area contributed by atoms with Crippen LogP contribution in [0.1, 0.15) is 19.8 Å². The first-order chi connectivity index (χ1) is 11.5. The van der Waals surface area contributed by atoms with Crippen molar-refractivity contribution >= 4 is 29.2 Å². The van der Waals surface area contributed by atoms with Crippen LogP contribution < -0.4 is 20.7 Å². The van der Waals surface area contributed by atoms with Crippen LogP contribution in [0.5, 0.6) is 5.75 Å². The second-order valence-electron chi connectivity index (χ2n) is 5.52. The molecule has 1 heterocycles. The van der Waals surface area contributed by atoms with Crippen LogP contribution in [0.25, 0.3) is 0 Å². The minimum atomic E-state index is -0.647. The van der Waals surface area contributed by atoms with Gasteiger partial charge in [-0.05, 0) is 38.0 Å². The SMILES string of the molecule is CNC(=O)NC(=O)[C@H](C)Nc1cc(Cl)ccc1OC[C@@H]1CCCO1. The summed E-state index contributed by atoms with van der Waals surface area (Å²) in [4.78, 5) is 23.2. The quantitative estimate of drug-likeness (QED) is 0.727. The van der Waals surface area contributed by atoms with E-state index in [0.29, 0.717) is 23.1 Å². The molecule has 1 fully saturated rings. The molecule has 132 valence electrons. The van der Waals surface area contributed by atoms with E-state index < -0.39 is 18.0 Å². The maximum atomic E-state index is 12.0. The molecule has 24 heavy (non-hydrogen) atoms. The fraction of sp³-hybridized carbons (Fsp3) is 0.500. The van der Waals surface area contributed by atoms with Crippen LogP contribution in [0.4, 0.5) is 10.5 Å². The Hall–Kier alpha value is -1.99. The van der Waals surface area contributed by atoms with Gasteiger partial charge in [0, 0.05) is 18.7 Å². The highest BCUT2D eigenvalue weighted by atomic mass is 35.5. The number of rotatable bonds is 6. The van der Waals surface area contributed by atoms with Gasteiger partial charge >= 0.3 is 6.03 Å². The summed E-state index contributed by atoms with van der Waals surface area (Å²) in [6, 6.07) is 3.92. The van der Waals surface area contributed by atoms with Crippen molar-refractivity contribution < 1.29 is 19.1 Å². The Morgan fingerprint density at radius 3 is 2.92 bits per heavy atom. The van der Waals surface area contributed by atoms with Crippen molar-refractivity contribution in [1.29, 1.82) is 0 Å². The number of amides is 3. The maximum Gasteiger partial charge on any atom is 0.321 e. The van der Waals surface area contributed by atoms with E-state index >= 15 is 0 Å². The molecule has 8 heteroatoms. The number of carbonyl (C=O) groups is 2. The molecule has 0 unspecified atom stereocenters. The lowest BCUT2D eigenvalue weighted by Crippen LogP contribution is -2.44. The van der Waals surface area contributed by atoms with Crippen molar-refractivity contribution in [3.05, 3.63) is 23.2 Å². The van der Waals surface area contributed by atoms with Crippen LogP contribution in [-0.4, -0.2) is 44.3 Å². The Kier molecular flexibility index (Phi) is 6.69. The number of anilines is 1. The minimum absolute atomic E-state index is 0.0856. The van der Waals surface area contributed by atoms with Crippen LogP contribution in [0, 0.1) is 0 Å². The zero-order valence-corrected chi connectivity index (χ0v) is 14.5. The molecule has 1 aromatic carbocycles. The molecule has 0 bridgehead atoms. The smallest absolute Gasteiger partial charge is 0.321 e. The Morgan fingerprint density at radius 1 is 1.46 bits per heavy atom. The molecule has 2 rings (SSSR count). The van der Waals surface area contributed by atoms with Crippen LogP contribution in [0.2, 0.25) is 5.02 Å². The normalized spacial score (nSPS) is 17.9. The lowest BCUT2D eigenvalue weighted by Gasteiger charge is -2.19. The Balaban J connectivity index is 2.00. The van der Waals surface area contributed by atoms with E-state index in [0.717, 1.165) is 19.4 Å². The van der Waals surface area contributed by atoms with E-state index in [1.54, 1.807) is 25.1 Å². The summed E-state index contributed by atoms with van der Waals surface area (Å²) in [7, 11) is 1.44. The number of imide groups is 1. The molecule has 0 aliphatic carbocycles. The van der Waals surface area contributed by atoms with E-state index in [-0.39, 0.29) is 6.10 Å². The van der Waals surface area contributed by atoms with Crippen molar-refractivity contribution in [2.45, 2.75) is 31.9 Å². The number of nitrogens with one attached hydrogen (secondary N) is 3. The van der Waals surface area contributed by atoms with Crippen LogP contribution >= 0.6 is 11.6 Å². The molecular weight excluding hydrogens is 334 g/mol. The molecule has 0 radical (unpaired) electrons. The molecule has 7 nitrogen and oxygen atoms in total. The Labute approximate surface area is 146 Å². The van der Waals surface area contributed by atoms with Crippen molar-refractivity contribution in [2.24, 2.45) is 0 Å². The number of hydrogen-bond donors (Lipinski definition) is 3. The third-order valence-electron chi connectivity index (χ3n) is 3.62. The number of urea groups is 1. The molecule has 0 aromatic heterocycles. The summed E-state index contributed by atoms with van der Waals surface area (Å²) >= 11 is 6.03. The first-order valence-electron chi connectivity index (χ1n) is 7.82. The van der Waals surface area contributed by atoms with Crippen LogP contribution in [0.15, 0.2) is 18.2 Å². The van der Waals surface area contributed by atoms with E-state index in [1.807, 2.05) is 0 Å². The van der Waals surface area contributed by atoms with Crippen molar-refractivity contribution in [2.75, 3.05) is 25.6 Å². The molecule has 1 saturated heterocycles. The second-order valence-corrected chi connectivity index (χ2v) is 5.96. The van der Waals surface area contributed by atoms with Crippen molar-refractivity contribution in [3.63, 3.8) is 0 Å². The summed E-state index contributed by atoms with van der Waals surface area (Å²) < 4.78 is 11.3. The molecule has 1 aromatic rings. The highest BCUT2D eigenvalue weighted by molar-refractivity contribution is 6.31. The van der Waals surface area contributed by atoms with Gasteiger partial charge in [0.15, 0.2) is 0 Å². The van der Waals surface area contributed by atoms with E-state index in [1.165, 1.54) is 7.05 Å². The summed E-state index contributed by atoms with van der Waals surface area (Å²) in [5.41, 5.74) is 0.583. The van der Waals surface area contributed by atoms with Gasteiger partial charge in [0.1, 0.15) is 18.4 Å². The van der Waals surface area contributed by atoms with Crippen LogP contribution in [0.3, 0.4) is 0 Å². The lowest BCUT2D eigenvalue weighted by molar-refractivity contribution is -0.120. The largest absolute Gasteiger partial charge is 0.489 e. The molecule has 1 aliphatic heterocycles. The summed E-state index contributed by atoms with van der Waals surface area (Å²) in [6.07, 6.45) is 2.10. The fourth-order valence-corrected chi connectivity index (χ4v) is 2.45. The van der Waals surface area contributed by atoms with Gasteiger partial charge in [0.2, 0.25) is 5.91 Å². The first-order valence-corrected chi connectivity index (χ1v) is 8.20. The standard InChI is InChI=1S/C16H22ClN3O4/c1-10(15(21)20-16(22)18-2)19-13-8-11(17)5-6-14(13)24-9-12-4-3-7-23-12/h5-6,8,10,12,19H,3-4,7,9H2,1-2H3,(H2,18,20,21,22)/t10-,12-/m0/s1. The first kappa shape index (κ1) is 18.4. The zero-order valence-electron chi connectivity index (χ0n) is 13.7. The third kappa shape index (κ3) is 5.28. The van der Waals surface area contributed by atoms with Crippen molar-refractivity contribution in [3.8, 4) is 5.75 Å². The summed E-state index contributed by atoms with van der Waals surface area (Å²) in [5.74, 6) is 0.119. The number of benzene rings is 1. The van der Waals surface area contributed by atoms with Gasteiger partial charge in [0.05, 0.1) is 11.8 Å². The lowest BCUT2D eigenvalue weighted by atomic mass is 10.2. The average molecular weight is 356 g/mol. The Bertz CT molecular complexity index is 591. The van der Waals surface area contributed by atoms with E-state index in [9.17, 15) is 9.59 Å². The van der Waals surface area contributed by atoms with Gasteiger partial charge in [-0.3, -0.25) is 10.1 Å². The fourth-order valence-electron chi connectivity index (χ4n) is 2.28. The molecule has 0 spiro atoms. The third-order valence-corrected chi connectivity index (χ3v) is 3.85. The van der Waals surface area contributed by atoms with E-state index in [2.05, 4.69) is 16.0 Å². The molecular formula is C16H22ClN3O4. The molecule has 3 N–H and O–H groups in total. The molecule has 0 saturated carbocycles. The Morgan fingerprint density at radius 2 is 2.25 bits per heavy atom. The highest BCUT2D eigenvalue weighted by Gasteiger charge is 2.19. The summed E-state index contributed by atoms with van der Waals surface area (Å²) in [5, 5.41) is 8.07. The van der Waals surface area contributed by atoms with Gasteiger partial charge in [-0.1, -0.05) is 11.6 Å². The monoisotopic (exact) mass is 355 g/mol. The average Bonchev–Trinajstić information content (AvgIpc) is 3.07. The number of halogens is 1. The highest BCUT2D eigenvalue weighted by Crippen LogP contribution is 2.29. The number of ether oxygens (including phenoxy) is 2. The van der Waals surface area contributed by atoms with Gasteiger partial charge < -0.3 is 20.1 Å². The van der Waals surface area contributed by atoms with Gasteiger partial charge in [-0.25, -0.2) is 4.79 Å². The van der Waals surface area contributed by atoms with Gasteiger partial charge in [-0.15, -0.1) is 0 Å².